The van der Waals surface area contributed by atoms with Gasteiger partial charge in [0.25, 0.3) is 0 Å². The number of nitrogens with one attached hydrogen (secondary N) is 1. The van der Waals surface area contributed by atoms with E-state index in [1.807, 2.05) is 56.3 Å². The fourth-order valence-corrected chi connectivity index (χ4v) is 3.41. The summed E-state index contributed by atoms with van der Waals surface area (Å²) in [6.07, 6.45) is 1.90. The zero-order chi connectivity index (χ0) is 16.7. The van der Waals surface area contributed by atoms with Crippen LogP contribution in [0.4, 0.5) is 0 Å². The topological polar surface area (TPSA) is 29.1 Å². The second kappa shape index (κ2) is 8.99. The Balaban J connectivity index is 1.80. The molecule has 0 aliphatic heterocycles. The third-order valence-corrected chi connectivity index (χ3v) is 5.23. The highest BCUT2D eigenvalue weighted by Gasteiger charge is 2.17. The molecule has 0 radical (unpaired) electrons. The summed E-state index contributed by atoms with van der Waals surface area (Å²) in [5, 5.41) is 3.60. The minimum atomic E-state index is -0.172. The van der Waals surface area contributed by atoms with Gasteiger partial charge in [-0.05, 0) is 44.4 Å². The van der Waals surface area contributed by atoms with E-state index in [2.05, 4.69) is 17.4 Å². The second-order valence-electron chi connectivity index (χ2n) is 5.62. The van der Waals surface area contributed by atoms with E-state index in [0.29, 0.717) is 5.02 Å². The molecule has 0 aliphatic rings. The van der Waals surface area contributed by atoms with Crippen LogP contribution in [0, 0.1) is 0 Å². The predicted octanol–water partition coefficient (Wildman–Crippen LogP) is 4.96. The number of amides is 1. The van der Waals surface area contributed by atoms with E-state index in [1.165, 1.54) is 17.3 Å². The van der Waals surface area contributed by atoms with Crippen LogP contribution in [-0.2, 0) is 11.2 Å². The van der Waals surface area contributed by atoms with Crippen molar-refractivity contribution in [2.24, 2.45) is 0 Å². The van der Waals surface area contributed by atoms with E-state index in [9.17, 15) is 4.79 Å². The fourth-order valence-electron chi connectivity index (χ4n) is 2.24. The standard InChI is InChI=1S/C19H22ClNOS/c1-14(12-13-16-8-4-3-5-9-16)21-19(22)15(2)23-18-11-7-6-10-17(18)20/h3-11,14-15H,12-13H2,1-2H3,(H,21,22)/t14-,15-/m1/s1. The Morgan fingerprint density at radius 2 is 1.74 bits per heavy atom. The molecular weight excluding hydrogens is 326 g/mol. The summed E-state index contributed by atoms with van der Waals surface area (Å²) in [4.78, 5) is 13.2. The van der Waals surface area contributed by atoms with Crippen molar-refractivity contribution in [3.63, 3.8) is 0 Å². The van der Waals surface area contributed by atoms with Crippen molar-refractivity contribution in [3.8, 4) is 0 Å². The summed E-state index contributed by atoms with van der Waals surface area (Å²) in [6.45, 7) is 3.96. The van der Waals surface area contributed by atoms with Gasteiger partial charge in [-0.25, -0.2) is 0 Å². The van der Waals surface area contributed by atoms with E-state index in [4.69, 9.17) is 11.6 Å². The Bertz CT molecular complexity index is 632. The average Bonchev–Trinajstić information content (AvgIpc) is 2.56. The van der Waals surface area contributed by atoms with Crippen molar-refractivity contribution in [1.82, 2.24) is 5.32 Å². The number of halogens is 1. The molecule has 0 saturated carbocycles. The molecule has 2 aromatic carbocycles. The first-order valence-electron chi connectivity index (χ1n) is 7.81. The number of hydrogen-bond acceptors (Lipinski definition) is 2. The molecule has 2 nitrogen and oxygen atoms in total. The summed E-state index contributed by atoms with van der Waals surface area (Å²) in [5.41, 5.74) is 1.30. The molecule has 1 amide bonds. The maximum atomic E-state index is 12.3. The molecule has 23 heavy (non-hydrogen) atoms. The van der Waals surface area contributed by atoms with E-state index in [0.717, 1.165) is 17.7 Å². The van der Waals surface area contributed by atoms with Gasteiger partial charge in [-0.3, -0.25) is 4.79 Å². The van der Waals surface area contributed by atoms with E-state index in [1.54, 1.807) is 0 Å². The molecule has 0 aliphatic carbocycles. The quantitative estimate of drug-likeness (QED) is 0.717. The Kier molecular flexibility index (Phi) is 7.00. The summed E-state index contributed by atoms with van der Waals surface area (Å²) in [6, 6.07) is 18.1. The smallest absolute Gasteiger partial charge is 0.233 e. The zero-order valence-electron chi connectivity index (χ0n) is 13.5. The van der Waals surface area contributed by atoms with Gasteiger partial charge in [0.05, 0.1) is 10.3 Å². The third-order valence-electron chi connectivity index (χ3n) is 3.61. The Hall–Kier alpha value is -1.45. The van der Waals surface area contributed by atoms with Crippen LogP contribution < -0.4 is 5.32 Å². The highest BCUT2D eigenvalue weighted by molar-refractivity contribution is 8.00. The van der Waals surface area contributed by atoms with Gasteiger partial charge in [0.15, 0.2) is 0 Å². The van der Waals surface area contributed by atoms with Crippen LogP contribution in [0.1, 0.15) is 25.8 Å². The van der Waals surface area contributed by atoms with Crippen molar-refractivity contribution in [2.45, 2.75) is 42.9 Å². The minimum Gasteiger partial charge on any atom is -0.353 e. The SMILES string of the molecule is C[C@H](CCc1ccccc1)NC(=O)[C@@H](C)Sc1ccccc1Cl. The van der Waals surface area contributed by atoms with Crippen molar-refractivity contribution in [2.75, 3.05) is 0 Å². The summed E-state index contributed by atoms with van der Waals surface area (Å²) >= 11 is 7.63. The molecule has 0 saturated heterocycles. The molecule has 122 valence electrons. The van der Waals surface area contributed by atoms with Gasteiger partial charge in [0, 0.05) is 10.9 Å². The fraction of sp³-hybridized carbons (Fsp3) is 0.316. The molecule has 1 N–H and O–H groups in total. The van der Waals surface area contributed by atoms with E-state index < -0.39 is 0 Å². The van der Waals surface area contributed by atoms with Crippen LogP contribution in [0.15, 0.2) is 59.5 Å². The van der Waals surface area contributed by atoms with Crippen LogP contribution in [0.25, 0.3) is 0 Å². The minimum absolute atomic E-state index is 0.0514. The molecular formula is C19H22ClNOS. The Morgan fingerprint density at radius 1 is 1.09 bits per heavy atom. The summed E-state index contributed by atoms with van der Waals surface area (Å²) in [7, 11) is 0. The number of carbonyl (C=O) groups excluding carboxylic acids is 1. The molecule has 0 heterocycles. The molecule has 0 bridgehead atoms. The lowest BCUT2D eigenvalue weighted by atomic mass is 10.1. The summed E-state index contributed by atoms with van der Waals surface area (Å²) < 4.78 is 0. The number of carbonyl (C=O) groups is 1. The van der Waals surface area contributed by atoms with Gasteiger partial charge in [0.1, 0.15) is 0 Å². The molecule has 0 unspecified atom stereocenters. The first-order chi connectivity index (χ1) is 11.1. The van der Waals surface area contributed by atoms with Crippen molar-refractivity contribution < 1.29 is 4.79 Å². The van der Waals surface area contributed by atoms with Crippen LogP contribution in [-0.4, -0.2) is 17.2 Å². The maximum absolute atomic E-state index is 12.3. The average molecular weight is 348 g/mol. The first-order valence-corrected chi connectivity index (χ1v) is 9.07. The van der Waals surface area contributed by atoms with Crippen LogP contribution in [0.3, 0.4) is 0 Å². The third kappa shape index (κ3) is 5.92. The summed E-state index contributed by atoms with van der Waals surface area (Å²) in [5.74, 6) is 0.0514. The lowest BCUT2D eigenvalue weighted by Gasteiger charge is -2.18. The molecule has 2 rings (SSSR count). The van der Waals surface area contributed by atoms with Gasteiger partial charge in [0.2, 0.25) is 5.91 Å². The number of thioether (sulfide) groups is 1. The monoisotopic (exact) mass is 347 g/mol. The molecule has 0 spiro atoms. The number of aryl methyl sites for hydroxylation is 1. The normalized spacial score (nSPS) is 13.3. The lowest BCUT2D eigenvalue weighted by molar-refractivity contribution is -0.120. The van der Waals surface area contributed by atoms with Crippen molar-refractivity contribution >= 4 is 29.3 Å². The molecule has 0 aromatic heterocycles. The largest absolute Gasteiger partial charge is 0.353 e. The second-order valence-corrected chi connectivity index (χ2v) is 7.41. The van der Waals surface area contributed by atoms with Crippen LogP contribution >= 0.6 is 23.4 Å². The number of benzene rings is 2. The highest BCUT2D eigenvalue weighted by Crippen LogP contribution is 2.30. The maximum Gasteiger partial charge on any atom is 0.233 e. The van der Waals surface area contributed by atoms with Gasteiger partial charge >= 0.3 is 0 Å². The highest BCUT2D eigenvalue weighted by atomic mass is 35.5. The van der Waals surface area contributed by atoms with Crippen molar-refractivity contribution in [1.29, 1.82) is 0 Å². The van der Waals surface area contributed by atoms with Crippen molar-refractivity contribution in [3.05, 3.63) is 65.2 Å². The first kappa shape index (κ1) is 17.9. The van der Waals surface area contributed by atoms with E-state index >= 15 is 0 Å². The number of rotatable bonds is 7. The van der Waals surface area contributed by atoms with E-state index in [-0.39, 0.29) is 17.2 Å². The lowest BCUT2D eigenvalue weighted by Crippen LogP contribution is -2.37. The predicted molar refractivity (Wildman–Crippen MR) is 99.1 cm³/mol. The molecule has 4 heteroatoms. The Morgan fingerprint density at radius 3 is 2.43 bits per heavy atom. The number of hydrogen-bond donors (Lipinski definition) is 1. The van der Waals surface area contributed by atoms with Crippen LogP contribution in [0.2, 0.25) is 5.02 Å². The van der Waals surface area contributed by atoms with Gasteiger partial charge in [-0.1, -0.05) is 54.1 Å². The molecule has 2 atom stereocenters. The molecule has 0 fully saturated rings. The van der Waals surface area contributed by atoms with Gasteiger partial charge in [-0.15, -0.1) is 11.8 Å². The Labute approximate surface area is 147 Å². The van der Waals surface area contributed by atoms with Gasteiger partial charge in [-0.2, -0.15) is 0 Å². The zero-order valence-corrected chi connectivity index (χ0v) is 15.0. The van der Waals surface area contributed by atoms with Gasteiger partial charge < -0.3 is 5.32 Å². The van der Waals surface area contributed by atoms with Crippen LogP contribution in [0.5, 0.6) is 0 Å². The molecule has 2 aromatic rings.